The lowest BCUT2D eigenvalue weighted by Crippen LogP contribution is -2.31. The van der Waals surface area contributed by atoms with Crippen LogP contribution >= 0.6 is 11.6 Å². The van der Waals surface area contributed by atoms with E-state index in [0.29, 0.717) is 10.7 Å². The van der Waals surface area contributed by atoms with E-state index in [2.05, 4.69) is 15.6 Å². The molecule has 1 rings (SSSR count). The van der Waals surface area contributed by atoms with E-state index in [4.69, 9.17) is 17.3 Å². The molecule has 92 valence electrons. The first kappa shape index (κ1) is 13.4. The third kappa shape index (κ3) is 5.86. The van der Waals surface area contributed by atoms with Crippen LogP contribution in [0.3, 0.4) is 0 Å². The predicted octanol–water partition coefficient (Wildman–Crippen LogP) is 0.285. The fourth-order valence-electron chi connectivity index (χ4n) is 1.01. The summed E-state index contributed by atoms with van der Waals surface area (Å²) in [5, 5.41) is 3.12. The zero-order chi connectivity index (χ0) is 12.7. The number of hydrogen-bond donors (Lipinski definition) is 3. The summed E-state index contributed by atoms with van der Waals surface area (Å²) in [6, 6.07) is 6.73. The molecule has 7 heteroatoms. The molecular weight excluding hydrogens is 246 g/mol. The summed E-state index contributed by atoms with van der Waals surface area (Å²) in [6.45, 7) is -0.385. The third-order valence-electron chi connectivity index (χ3n) is 1.66. The first-order valence-corrected chi connectivity index (χ1v) is 5.14. The van der Waals surface area contributed by atoms with Gasteiger partial charge < -0.3 is 11.1 Å². The van der Waals surface area contributed by atoms with Gasteiger partial charge in [-0.3, -0.25) is 14.4 Å². The summed E-state index contributed by atoms with van der Waals surface area (Å²) in [4.78, 5) is 26.3. The van der Waals surface area contributed by atoms with Crippen molar-refractivity contribution in [3.8, 4) is 0 Å². The molecule has 0 aromatic heterocycles. The molecule has 0 aliphatic rings. The highest BCUT2D eigenvalue weighted by atomic mass is 35.5. The van der Waals surface area contributed by atoms with Gasteiger partial charge in [-0.1, -0.05) is 17.7 Å². The fourth-order valence-corrected chi connectivity index (χ4v) is 1.20. The second kappa shape index (κ2) is 6.85. The average molecular weight is 258 g/mol. The van der Waals surface area contributed by atoms with Gasteiger partial charge in [-0.2, -0.15) is 5.48 Å². The highest BCUT2D eigenvalue weighted by molar-refractivity contribution is 6.30. The van der Waals surface area contributed by atoms with Crippen LogP contribution in [-0.4, -0.2) is 25.0 Å². The summed E-state index contributed by atoms with van der Waals surface area (Å²) in [6.07, 6.45) is 0. The van der Waals surface area contributed by atoms with Crippen molar-refractivity contribution in [2.45, 2.75) is 0 Å². The van der Waals surface area contributed by atoms with Gasteiger partial charge in [0, 0.05) is 10.7 Å². The van der Waals surface area contributed by atoms with Crippen LogP contribution in [0.5, 0.6) is 0 Å². The second-order valence-electron chi connectivity index (χ2n) is 3.13. The van der Waals surface area contributed by atoms with E-state index in [1.165, 1.54) is 0 Å². The zero-order valence-corrected chi connectivity index (χ0v) is 9.66. The quantitative estimate of drug-likeness (QED) is 0.504. The highest BCUT2D eigenvalue weighted by Crippen LogP contribution is 2.14. The standard InChI is InChI=1S/C10H12ClN3O3/c11-7-2-1-3-8(4-7)14-10(16)5-13-17-6-9(12)15/h1-4,13H,5-6H2,(H2,12,15)(H,14,16). The van der Waals surface area contributed by atoms with Crippen molar-refractivity contribution in [3.05, 3.63) is 29.3 Å². The van der Waals surface area contributed by atoms with E-state index in [-0.39, 0.29) is 19.1 Å². The first-order chi connectivity index (χ1) is 8.08. The molecule has 17 heavy (non-hydrogen) atoms. The normalized spacial score (nSPS) is 9.94. The summed E-state index contributed by atoms with van der Waals surface area (Å²) >= 11 is 5.75. The molecule has 0 saturated carbocycles. The van der Waals surface area contributed by atoms with E-state index in [9.17, 15) is 9.59 Å². The van der Waals surface area contributed by atoms with Crippen molar-refractivity contribution < 1.29 is 14.4 Å². The number of anilines is 1. The van der Waals surface area contributed by atoms with Gasteiger partial charge in [-0.25, -0.2) is 0 Å². The summed E-state index contributed by atoms with van der Waals surface area (Å²) in [5.41, 5.74) is 7.72. The number of rotatable bonds is 6. The lowest BCUT2D eigenvalue weighted by atomic mass is 10.3. The van der Waals surface area contributed by atoms with Crippen molar-refractivity contribution in [2.75, 3.05) is 18.5 Å². The maximum atomic E-state index is 11.4. The van der Waals surface area contributed by atoms with Crippen molar-refractivity contribution in [1.29, 1.82) is 0 Å². The molecule has 0 spiro atoms. The minimum absolute atomic E-state index is 0.0974. The number of amides is 2. The van der Waals surface area contributed by atoms with Gasteiger partial charge in [-0.05, 0) is 18.2 Å². The molecule has 0 unspecified atom stereocenters. The molecule has 6 nitrogen and oxygen atoms in total. The number of hydroxylamine groups is 1. The molecule has 2 amide bonds. The van der Waals surface area contributed by atoms with Gasteiger partial charge in [0.2, 0.25) is 11.8 Å². The van der Waals surface area contributed by atoms with Crippen molar-refractivity contribution in [3.63, 3.8) is 0 Å². The Morgan fingerprint density at radius 3 is 2.82 bits per heavy atom. The van der Waals surface area contributed by atoms with E-state index in [1.807, 2.05) is 0 Å². The number of carbonyl (C=O) groups excluding carboxylic acids is 2. The number of benzene rings is 1. The molecule has 4 N–H and O–H groups in total. The van der Waals surface area contributed by atoms with E-state index >= 15 is 0 Å². The first-order valence-electron chi connectivity index (χ1n) is 4.76. The molecule has 0 bridgehead atoms. The van der Waals surface area contributed by atoms with Crippen LogP contribution in [0, 0.1) is 0 Å². The molecule has 0 aliphatic heterocycles. The Hall–Kier alpha value is -1.63. The molecule has 0 fully saturated rings. The van der Waals surface area contributed by atoms with Gasteiger partial charge in [0.15, 0.2) is 0 Å². The van der Waals surface area contributed by atoms with Crippen LogP contribution < -0.4 is 16.5 Å². The SMILES string of the molecule is NC(=O)CONCC(=O)Nc1cccc(Cl)c1. The Morgan fingerprint density at radius 1 is 1.41 bits per heavy atom. The maximum Gasteiger partial charge on any atom is 0.245 e. The van der Waals surface area contributed by atoms with Crippen LogP contribution in [0.25, 0.3) is 0 Å². The molecule has 0 radical (unpaired) electrons. The number of carbonyl (C=O) groups is 2. The lowest BCUT2D eigenvalue weighted by molar-refractivity contribution is -0.127. The van der Waals surface area contributed by atoms with Crippen LogP contribution in [0.4, 0.5) is 5.69 Å². The van der Waals surface area contributed by atoms with Gasteiger partial charge in [0.05, 0.1) is 0 Å². The van der Waals surface area contributed by atoms with Crippen LogP contribution in [0.1, 0.15) is 0 Å². The number of nitrogens with two attached hydrogens (primary N) is 1. The van der Waals surface area contributed by atoms with E-state index < -0.39 is 5.91 Å². The lowest BCUT2D eigenvalue weighted by Gasteiger charge is -2.06. The maximum absolute atomic E-state index is 11.4. The van der Waals surface area contributed by atoms with E-state index in [0.717, 1.165) is 0 Å². The number of primary amides is 1. The second-order valence-corrected chi connectivity index (χ2v) is 3.57. The Labute approximate surface area is 103 Å². The molecular formula is C10H12ClN3O3. The minimum Gasteiger partial charge on any atom is -0.368 e. The van der Waals surface area contributed by atoms with Crippen LogP contribution in [0.2, 0.25) is 5.02 Å². The van der Waals surface area contributed by atoms with Crippen molar-refractivity contribution in [2.24, 2.45) is 5.73 Å². The third-order valence-corrected chi connectivity index (χ3v) is 1.89. The van der Waals surface area contributed by atoms with Gasteiger partial charge >= 0.3 is 0 Å². The predicted molar refractivity (Wildman–Crippen MR) is 63.2 cm³/mol. The smallest absolute Gasteiger partial charge is 0.245 e. The topological polar surface area (TPSA) is 93.5 Å². The largest absolute Gasteiger partial charge is 0.368 e. The molecule has 0 atom stereocenters. The molecule has 0 saturated heterocycles. The summed E-state index contributed by atoms with van der Waals surface area (Å²) in [5.74, 6) is -0.940. The summed E-state index contributed by atoms with van der Waals surface area (Å²) < 4.78 is 0. The van der Waals surface area contributed by atoms with Crippen molar-refractivity contribution in [1.82, 2.24) is 5.48 Å². The number of hydrogen-bond acceptors (Lipinski definition) is 4. The minimum atomic E-state index is -0.618. The highest BCUT2D eigenvalue weighted by Gasteiger charge is 2.02. The Kier molecular flexibility index (Phi) is 5.41. The van der Waals surface area contributed by atoms with Gasteiger partial charge in [-0.15, -0.1) is 0 Å². The Balaban J connectivity index is 2.27. The average Bonchev–Trinajstić information content (AvgIpc) is 2.24. The van der Waals surface area contributed by atoms with E-state index in [1.54, 1.807) is 24.3 Å². The molecule has 0 aliphatic carbocycles. The Bertz CT molecular complexity index is 412. The van der Waals surface area contributed by atoms with Crippen LogP contribution in [-0.2, 0) is 14.4 Å². The number of nitrogens with one attached hydrogen (secondary N) is 2. The monoisotopic (exact) mass is 257 g/mol. The van der Waals surface area contributed by atoms with Gasteiger partial charge in [0.1, 0.15) is 13.2 Å². The zero-order valence-electron chi connectivity index (χ0n) is 8.90. The van der Waals surface area contributed by atoms with Gasteiger partial charge in [0.25, 0.3) is 0 Å². The number of halogens is 1. The fraction of sp³-hybridized carbons (Fsp3) is 0.200. The molecule has 1 aromatic carbocycles. The molecule has 1 aromatic rings. The van der Waals surface area contributed by atoms with Crippen LogP contribution in [0.15, 0.2) is 24.3 Å². The molecule has 0 heterocycles. The van der Waals surface area contributed by atoms with Crippen molar-refractivity contribution >= 4 is 29.1 Å². The summed E-state index contributed by atoms with van der Waals surface area (Å²) in [7, 11) is 0. The Morgan fingerprint density at radius 2 is 2.18 bits per heavy atom.